The first-order valence-electron chi connectivity index (χ1n) is 5.40. The zero-order valence-corrected chi connectivity index (χ0v) is 9.77. The highest BCUT2D eigenvalue weighted by Crippen LogP contribution is 2.32. The van der Waals surface area contributed by atoms with Crippen molar-refractivity contribution in [3.63, 3.8) is 0 Å². The molecular weight excluding hydrogens is 259 g/mol. The van der Waals surface area contributed by atoms with Crippen LogP contribution in [0.3, 0.4) is 0 Å². The molecule has 1 aromatic carbocycles. The van der Waals surface area contributed by atoms with E-state index in [1.165, 1.54) is 18.3 Å². The molecule has 98 valence electrons. The highest BCUT2D eigenvalue weighted by atomic mass is 19.4. The second kappa shape index (κ2) is 3.84. The summed E-state index contributed by atoms with van der Waals surface area (Å²) in [4.78, 5) is 8.12. The topological polar surface area (TPSA) is 39.9 Å². The Kier molecular flexibility index (Phi) is 2.38. The molecule has 7 heteroatoms. The maximum absolute atomic E-state index is 12.3. The van der Waals surface area contributed by atoms with Crippen LogP contribution in [0.5, 0.6) is 5.75 Å². The zero-order chi connectivity index (χ0) is 13.6. The Morgan fingerprint density at radius 2 is 2.00 bits per heavy atom. The van der Waals surface area contributed by atoms with Crippen LogP contribution >= 0.6 is 0 Å². The van der Waals surface area contributed by atoms with E-state index < -0.39 is 6.36 Å². The van der Waals surface area contributed by atoms with E-state index in [9.17, 15) is 13.2 Å². The van der Waals surface area contributed by atoms with Crippen molar-refractivity contribution in [1.82, 2.24) is 14.5 Å². The van der Waals surface area contributed by atoms with Gasteiger partial charge in [0.05, 0.1) is 18.0 Å². The third-order valence-corrected chi connectivity index (χ3v) is 2.76. The van der Waals surface area contributed by atoms with Crippen LogP contribution in [0.1, 0.15) is 0 Å². The van der Waals surface area contributed by atoms with Crippen molar-refractivity contribution in [2.24, 2.45) is 7.05 Å². The van der Waals surface area contributed by atoms with Crippen molar-refractivity contribution in [2.75, 3.05) is 0 Å². The molecule has 0 amide bonds. The van der Waals surface area contributed by atoms with Gasteiger partial charge in [0.15, 0.2) is 5.75 Å². The van der Waals surface area contributed by atoms with Gasteiger partial charge < -0.3 is 9.30 Å². The lowest BCUT2D eigenvalue weighted by atomic mass is 10.2. The smallest absolute Gasteiger partial charge is 0.403 e. The number of para-hydroxylation sites is 1. The van der Waals surface area contributed by atoms with Gasteiger partial charge >= 0.3 is 6.36 Å². The number of benzene rings is 1. The molecule has 0 aliphatic carbocycles. The standard InChI is InChI=1S/C12H8F3N3O/c1-18-6-17-8-5-16-10-7(11(8)18)3-2-4-9(10)19-12(13,14)15/h2-6H,1H3. The van der Waals surface area contributed by atoms with Crippen molar-refractivity contribution in [3.8, 4) is 5.75 Å². The summed E-state index contributed by atoms with van der Waals surface area (Å²) in [6.45, 7) is 0. The first kappa shape index (κ1) is 11.8. The van der Waals surface area contributed by atoms with E-state index in [1.807, 2.05) is 0 Å². The fourth-order valence-electron chi connectivity index (χ4n) is 2.05. The minimum atomic E-state index is -4.74. The maximum atomic E-state index is 12.3. The molecule has 0 aliphatic rings. The predicted molar refractivity (Wildman–Crippen MR) is 62.7 cm³/mol. The SMILES string of the molecule is Cn1cnc2cnc3c(OC(F)(F)F)cccc3c21. The molecule has 0 bridgehead atoms. The van der Waals surface area contributed by atoms with Gasteiger partial charge in [-0.25, -0.2) is 9.97 Å². The molecule has 19 heavy (non-hydrogen) atoms. The number of aryl methyl sites for hydroxylation is 1. The first-order valence-corrected chi connectivity index (χ1v) is 5.40. The normalized spacial score (nSPS) is 12.2. The molecule has 0 saturated heterocycles. The molecule has 0 saturated carbocycles. The number of pyridine rings is 1. The van der Waals surface area contributed by atoms with E-state index in [0.29, 0.717) is 10.9 Å². The molecule has 2 heterocycles. The molecule has 0 fully saturated rings. The molecule has 3 rings (SSSR count). The van der Waals surface area contributed by atoms with Gasteiger partial charge in [-0.3, -0.25) is 0 Å². The summed E-state index contributed by atoms with van der Waals surface area (Å²) < 4.78 is 42.7. The van der Waals surface area contributed by atoms with E-state index in [1.54, 1.807) is 24.0 Å². The van der Waals surface area contributed by atoms with Crippen LogP contribution in [0.2, 0.25) is 0 Å². The molecule has 0 atom stereocenters. The van der Waals surface area contributed by atoms with Crippen LogP contribution in [-0.2, 0) is 7.05 Å². The van der Waals surface area contributed by atoms with Gasteiger partial charge in [-0.1, -0.05) is 12.1 Å². The number of rotatable bonds is 1. The third kappa shape index (κ3) is 1.96. The summed E-state index contributed by atoms with van der Waals surface area (Å²) in [5.41, 5.74) is 1.51. The van der Waals surface area contributed by atoms with Crippen LogP contribution in [0.25, 0.3) is 21.9 Å². The Labute approximate surface area is 105 Å². The summed E-state index contributed by atoms with van der Waals surface area (Å²) in [7, 11) is 1.77. The van der Waals surface area contributed by atoms with Crippen molar-refractivity contribution in [1.29, 1.82) is 0 Å². The highest BCUT2D eigenvalue weighted by molar-refractivity contribution is 6.04. The van der Waals surface area contributed by atoms with E-state index in [-0.39, 0.29) is 11.3 Å². The molecule has 0 spiro atoms. The molecule has 0 radical (unpaired) electrons. The van der Waals surface area contributed by atoms with E-state index in [2.05, 4.69) is 14.7 Å². The van der Waals surface area contributed by atoms with Gasteiger partial charge in [-0.05, 0) is 6.07 Å². The summed E-state index contributed by atoms with van der Waals surface area (Å²) in [6, 6.07) is 4.43. The number of alkyl halides is 3. The Hall–Kier alpha value is -2.31. The summed E-state index contributed by atoms with van der Waals surface area (Å²) in [6.07, 6.45) is -1.72. The Morgan fingerprint density at radius 3 is 2.74 bits per heavy atom. The average Bonchev–Trinajstić information content (AvgIpc) is 2.70. The minimum Gasteiger partial charge on any atom is -0.403 e. The number of hydrogen-bond donors (Lipinski definition) is 0. The predicted octanol–water partition coefficient (Wildman–Crippen LogP) is 3.02. The van der Waals surface area contributed by atoms with Crippen molar-refractivity contribution < 1.29 is 17.9 Å². The van der Waals surface area contributed by atoms with Gasteiger partial charge in [0, 0.05) is 12.4 Å². The third-order valence-electron chi connectivity index (χ3n) is 2.76. The number of ether oxygens (including phenoxy) is 1. The van der Waals surface area contributed by atoms with Crippen molar-refractivity contribution >= 4 is 21.9 Å². The molecule has 0 aliphatic heterocycles. The highest BCUT2D eigenvalue weighted by Gasteiger charge is 2.32. The molecule has 0 N–H and O–H groups in total. The first-order chi connectivity index (χ1) is 8.96. The van der Waals surface area contributed by atoms with Crippen LogP contribution in [0, 0.1) is 0 Å². The van der Waals surface area contributed by atoms with Gasteiger partial charge in [-0.2, -0.15) is 0 Å². The molecule has 3 aromatic rings. The van der Waals surface area contributed by atoms with Crippen molar-refractivity contribution in [2.45, 2.75) is 6.36 Å². The number of nitrogens with zero attached hydrogens (tertiary/aromatic N) is 3. The van der Waals surface area contributed by atoms with Crippen LogP contribution in [0.4, 0.5) is 13.2 Å². The largest absolute Gasteiger partial charge is 0.573 e. The Bertz CT molecular complexity index is 764. The lowest BCUT2D eigenvalue weighted by Gasteiger charge is -2.11. The number of halogens is 3. The van der Waals surface area contributed by atoms with E-state index in [0.717, 1.165) is 5.52 Å². The number of aromatic nitrogens is 3. The van der Waals surface area contributed by atoms with Gasteiger partial charge in [0.1, 0.15) is 11.0 Å². The maximum Gasteiger partial charge on any atom is 0.573 e. The van der Waals surface area contributed by atoms with Crippen LogP contribution in [-0.4, -0.2) is 20.9 Å². The average molecular weight is 267 g/mol. The lowest BCUT2D eigenvalue weighted by Crippen LogP contribution is -2.17. The number of imidazole rings is 1. The number of fused-ring (bicyclic) bond motifs is 3. The lowest BCUT2D eigenvalue weighted by molar-refractivity contribution is -0.274. The second-order valence-electron chi connectivity index (χ2n) is 4.05. The fourth-order valence-corrected chi connectivity index (χ4v) is 2.05. The Balaban J connectivity index is 2.31. The van der Waals surface area contributed by atoms with E-state index in [4.69, 9.17) is 0 Å². The second-order valence-corrected chi connectivity index (χ2v) is 4.05. The Morgan fingerprint density at radius 1 is 1.21 bits per heavy atom. The van der Waals surface area contributed by atoms with Gasteiger partial charge in [-0.15, -0.1) is 13.2 Å². The van der Waals surface area contributed by atoms with Crippen LogP contribution < -0.4 is 4.74 Å². The van der Waals surface area contributed by atoms with Crippen molar-refractivity contribution in [3.05, 3.63) is 30.7 Å². The summed E-state index contributed by atoms with van der Waals surface area (Å²) in [5, 5.41) is 0.569. The summed E-state index contributed by atoms with van der Waals surface area (Å²) in [5.74, 6) is -0.312. The quantitative estimate of drug-likeness (QED) is 0.680. The number of hydrogen-bond acceptors (Lipinski definition) is 3. The van der Waals surface area contributed by atoms with Gasteiger partial charge in [0.2, 0.25) is 0 Å². The van der Waals surface area contributed by atoms with E-state index >= 15 is 0 Å². The minimum absolute atomic E-state index is 0.163. The summed E-state index contributed by atoms with van der Waals surface area (Å²) >= 11 is 0. The van der Waals surface area contributed by atoms with Gasteiger partial charge in [0.25, 0.3) is 0 Å². The molecular formula is C12H8F3N3O. The zero-order valence-electron chi connectivity index (χ0n) is 9.77. The monoisotopic (exact) mass is 267 g/mol. The molecule has 2 aromatic heterocycles. The van der Waals surface area contributed by atoms with Crippen LogP contribution in [0.15, 0.2) is 30.7 Å². The molecule has 4 nitrogen and oxygen atoms in total. The fraction of sp³-hybridized carbons (Fsp3) is 0.167. The molecule has 0 unspecified atom stereocenters.